The molecule has 0 heteroatoms. The van der Waals surface area contributed by atoms with E-state index in [4.69, 9.17) is 0 Å². The van der Waals surface area contributed by atoms with E-state index >= 15 is 0 Å². The quantitative estimate of drug-likeness (QED) is 0.260. The summed E-state index contributed by atoms with van der Waals surface area (Å²) in [5, 5.41) is 0. The smallest absolute Gasteiger partial charge is 0.0205 e. The molecule has 1 fully saturated rings. The summed E-state index contributed by atoms with van der Waals surface area (Å²) in [6.07, 6.45) is 25.1. The van der Waals surface area contributed by atoms with Gasteiger partial charge in [-0.2, -0.15) is 0 Å². The van der Waals surface area contributed by atoms with Gasteiger partial charge >= 0.3 is 0 Å². The number of allylic oxidation sites excluding steroid dienone is 2. The largest absolute Gasteiger partial charge is 0.0882 e. The average Bonchev–Trinajstić information content (AvgIpc) is 2.90. The van der Waals surface area contributed by atoms with E-state index in [1.807, 2.05) is 0 Å². The molecule has 0 amide bonds. The Bertz CT molecular complexity index is 228. The van der Waals surface area contributed by atoms with Gasteiger partial charge in [-0.1, -0.05) is 83.8 Å². The van der Waals surface area contributed by atoms with Gasteiger partial charge in [-0.15, -0.1) is 0 Å². The predicted molar refractivity (Wildman–Crippen MR) is 92.1 cm³/mol. The zero-order valence-electron chi connectivity index (χ0n) is 14.2. The van der Waals surface area contributed by atoms with Crippen molar-refractivity contribution in [3.05, 3.63) is 12.2 Å². The molecule has 118 valence electrons. The van der Waals surface area contributed by atoms with E-state index in [0.717, 1.165) is 11.8 Å². The van der Waals surface area contributed by atoms with Crippen molar-refractivity contribution in [2.75, 3.05) is 0 Å². The molecule has 0 N–H and O–H groups in total. The maximum absolute atomic E-state index is 2.58. The van der Waals surface area contributed by atoms with Crippen LogP contribution in [0.15, 0.2) is 12.2 Å². The molecular weight excluding hydrogens is 240 g/mol. The van der Waals surface area contributed by atoms with Gasteiger partial charge in [0.25, 0.3) is 0 Å². The van der Waals surface area contributed by atoms with Crippen LogP contribution < -0.4 is 0 Å². The molecule has 0 bridgehead atoms. The van der Waals surface area contributed by atoms with Gasteiger partial charge in [0.1, 0.15) is 0 Å². The highest BCUT2D eigenvalue weighted by Gasteiger charge is 2.24. The summed E-state index contributed by atoms with van der Waals surface area (Å²) in [4.78, 5) is 0. The molecule has 20 heavy (non-hydrogen) atoms. The van der Waals surface area contributed by atoms with Crippen molar-refractivity contribution in [1.82, 2.24) is 0 Å². The molecule has 1 aliphatic rings. The molecule has 1 saturated carbocycles. The van der Waals surface area contributed by atoms with Crippen LogP contribution in [0.1, 0.15) is 104 Å². The molecule has 0 heterocycles. The Labute approximate surface area is 128 Å². The average molecular weight is 279 g/mol. The van der Waals surface area contributed by atoms with Crippen LogP contribution in [0.25, 0.3) is 0 Å². The minimum Gasteiger partial charge on any atom is -0.0882 e. The number of hydrogen-bond acceptors (Lipinski definition) is 0. The van der Waals surface area contributed by atoms with E-state index in [2.05, 4.69) is 26.0 Å². The highest BCUT2D eigenvalue weighted by molar-refractivity contribution is 4.94. The Morgan fingerprint density at radius 1 is 0.800 bits per heavy atom. The SMILES string of the molecule is CCCCCCC=C[C@H]1CCC[C@@H]1CCCCCCC. The molecule has 2 atom stereocenters. The minimum atomic E-state index is 0.923. The van der Waals surface area contributed by atoms with Crippen molar-refractivity contribution in [1.29, 1.82) is 0 Å². The summed E-state index contributed by atoms with van der Waals surface area (Å²) < 4.78 is 0. The van der Waals surface area contributed by atoms with Crippen LogP contribution in [0, 0.1) is 11.8 Å². The van der Waals surface area contributed by atoms with Gasteiger partial charge in [0.15, 0.2) is 0 Å². The van der Waals surface area contributed by atoms with E-state index in [9.17, 15) is 0 Å². The lowest BCUT2D eigenvalue weighted by atomic mass is 9.90. The minimum absolute atomic E-state index is 0.923. The lowest BCUT2D eigenvalue weighted by Crippen LogP contribution is -2.05. The van der Waals surface area contributed by atoms with Crippen molar-refractivity contribution < 1.29 is 0 Å². The Hall–Kier alpha value is -0.260. The summed E-state index contributed by atoms with van der Waals surface area (Å²) >= 11 is 0. The molecule has 1 rings (SSSR count). The van der Waals surface area contributed by atoms with Crippen LogP contribution in [-0.2, 0) is 0 Å². The molecule has 0 spiro atoms. The summed E-state index contributed by atoms with van der Waals surface area (Å²) in [6, 6.07) is 0. The number of unbranched alkanes of at least 4 members (excludes halogenated alkanes) is 8. The second-order valence-corrected chi connectivity index (χ2v) is 6.84. The maximum atomic E-state index is 2.58. The van der Waals surface area contributed by atoms with Crippen molar-refractivity contribution in [3.63, 3.8) is 0 Å². The molecule has 0 aromatic rings. The Morgan fingerprint density at radius 3 is 2.25 bits per heavy atom. The first-order chi connectivity index (χ1) is 9.88. The molecule has 0 unspecified atom stereocenters. The monoisotopic (exact) mass is 278 g/mol. The van der Waals surface area contributed by atoms with Crippen LogP contribution in [0.4, 0.5) is 0 Å². The fraction of sp³-hybridized carbons (Fsp3) is 0.900. The third-order valence-electron chi connectivity index (χ3n) is 5.00. The van der Waals surface area contributed by atoms with Crippen LogP contribution in [0.3, 0.4) is 0 Å². The lowest BCUT2D eigenvalue weighted by molar-refractivity contribution is 0.402. The van der Waals surface area contributed by atoms with E-state index < -0.39 is 0 Å². The predicted octanol–water partition coefficient (Wildman–Crippen LogP) is 7.29. The Morgan fingerprint density at radius 2 is 1.50 bits per heavy atom. The molecule has 0 aromatic carbocycles. The van der Waals surface area contributed by atoms with Gasteiger partial charge in [-0.05, 0) is 43.9 Å². The highest BCUT2D eigenvalue weighted by Crippen LogP contribution is 2.36. The zero-order chi connectivity index (χ0) is 14.5. The first-order valence-corrected chi connectivity index (χ1v) is 9.55. The maximum Gasteiger partial charge on any atom is -0.0205 e. The van der Waals surface area contributed by atoms with Gasteiger partial charge in [-0.25, -0.2) is 0 Å². The second-order valence-electron chi connectivity index (χ2n) is 6.84. The molecule has 0 radical (unpaired) electrons. The van der Waals surface area contributed by atoms with Crippen LogP contribution >= 0.6 is 0 Å². The van der Waals surface area contributed by atoms with Crippen LogP contribution in [-0.4, -0.2) is 0 Å². The van der Waals surface area contributed by atoms with Gasteiger partial charge in [0.05, 0.1) is 0 Å². The number of hydrogen-bond donors (Lipinski definition) is 0. The fourth-order valence-electron chi connectivity index (χ4n) is 3.65. The van der Waals surface area contributed by atoms with Gasteiger partial charge in [0, 0.05) is 0 Å². The van der Waals surface area contributed by atoms with Crippen LogP contribution in [0.2, 0.25) is 0 Å². The highest BCUT2D eigenvalue weighted by atomic mass is 14.3. The van der Waals surface area contributed by atoms with E-state index in [1.165, 1.54) is 89.9 Å². The first kappa shape index (κ1) is 17.8. The Kier molecular flexibility index (Phi) is 11.1. The van der Waals surface area contributed by atoms with Gasteiger partial charge < -0.3 is 0 Å². The third kappa shape index (κ3) is 8.12. The summed E-state index contributed by atoms with van der Waals surface area (Å²) in [7, 11) is 0. The molecule has 0 aromatic heterocycles. The topological polar surface area (TPSA) is 0 Å². The Balaban J connectivity index is 2.08. The van der Waals surface area contributed by atoms with Crippen molar-refractivity contribution in [3.8, 4) is 0 Å². The molecular formula is C20H38. The fourth-order valence-corrected chi connectivity index (χ4v) is 3.65. The van der Waals surface area contributed by atoms with Crippen LogP contribution in [0.5, 0.6) is 0 Å². The van der Waals surface area contributed by atoms with Crippen molar-refractivity contribution in [2.45, 2.75) is 104 Å². The molecule has 0 aliphatic heterocycles. The standard InChI is InChI=1S/C20H38/c1-3-5-7-9-11-13-16-20-18-14-17-19(20)15-12-10-8-6-4-2/h13,16,19-20H,3-12,14-15,17-18H2,1-2H3/t19-,20-/m0/s1. The molecule has 1 aliphatic carbocycles. The summed E-state index contributed by atoms with van der Waals surface area (Å²) in [6.45, 7) is 4.60. The van der Waals surface area contributed by atoms with Gasteiger partial charge in [-0.3, -0.25) is 0 Å². The molecule has 0 nitrogen and oxygen atoms in total. The van der Waals surface area contributed by atoms with E-state index in [1.54, 1.807) is 0 Å². The number of rotatable bonds is 12. The lowest BCUT2D eigenvalue weighted by Gasteiger charge is -2.16. The van der Waals surface area contributed by atoms with Crippen molar-refractivity contribution >= 4 is 0 Å². The zero-order valence-corrected chi connectivity index (χ0v) is 14.2. The van der Waals surface area contributed by atoms with Crippen molar-refractivity contribution in [2.24, 2.45) is 11.8 Å². The third-order valence-corrected chi connectivity index (χ3v) is 5.00. The first-order valence-electron chi connectivity index (χ1n) is 9.55. The second kappa shape index (κ2) is 12.5. The van der Waals surface area contributed by atoms with E-state index in [0.29, 0.717) is 0 Å². The molecule has 0 saturated heterocycles. The van der Waals surface area contributed by atoms with E-state index in [-0.39, 0.29) is 0 Å². The summed E-state index contributed by atoms with van der Waals surface area (Å²) in [5.41, 5.74) is 0. The van der Waals surface area contributed by atoms with Gasteiger partial charge in [0.2, 0.25) is 0 Å². The normalized spacial score (nSPS) is 22.9. The summed E-state index contributed by atoms with van der Waals surface area (Å²) in [5.74, 6) is 1.94.